The number of hydrogen-bond acceptors (Lipinski definition) is 3. The molecule has 0 aliphatic rings. The highest BCUT2D eigenvalue weighted by molar-refractivity contribution is 7.90. The van der Waals surface area contributed by atoms with Crippen molar-refractivity contribution in [3.63, 3.8) is 0 Å². The highest BCUT2D eigenvalue weighted by Crippen LogP contribution is 2.32. The molecule has 0 radical (unpaired) electrons. The topological polar surface area (TPSA) is 52.0 Å². The van der Waals surface area contributed by atoms with Gasteiger partial charge in [0.2, 0.25) is 0 Å². The summed E-state index contributed by atoms with van der Waals surface area (Å²) in [5, 5.41) is 1.12. The largest absolute Gasteiger partial charge is 0.268 e. The summed E-state index contributed by atoms with van der Waals surface area (Å²) in [4.78, 5) is 4.92. The average Bonchev–Trinajstić information content (AvgIpc) is 3.37. The first kappa shape index (κ1) is 22.8. The first-order valence-electron chi connectivity index (χ1n) is 11.6. The Balaban J connectivity index is 1.52. The molecular formula is C30H26N2O2S. The molecule has 0 saturated carbocycles. The molecule has 0 fully saturated rings. The maximum Gasteiger partial charge on any atom is 0.268 e. The third kappa shape index (κ3) is 4.55. The molecule has 0 atom stereocenters. The van der Waals surface area contributed by atoms with Crippen LogP contribution in [-0.4, -0.2) is 17.4 Å². The third-order valence-electron chi connectivity index (χ3n) is 6.08. The van der Waals surface area contributed by atoms with Gasteiger partial charge in [-0.1, -0.05) is 62.4 Å². The van der Waals surface area contributed by atoms with Crippen LogP contribution in [0.2, 0.25) is 0 Å². The lowest BCUT2D eigenvalue weighted by Gasteiger charge is -2.13. The minimum Gasteiger partial charge on any atom is -0.256 e. The fourth-order valence-corrected chi connectivity index (χ4v) is 5.55. The van der Waals surface area contributed by atoms with Gasteiger partial charge in [0.1, 0.15) is 0 Å². The zero-order valence-electron chi connectivity index (χ0n) is 19.7. The molecule has 0 aliphatic carbocycles. The predicted octanol–water partition coefficient (Wildman–Crippen LogP) is 7.23. The SMILES string of the molecule is CC(C)c1cc(-c2cccc(/C=C/c3cccn3S(=O)(=O)c3ccccc3)c2)c2ncccc2c1. The van der Waals surface area contributed by atoms with E-state index in [0.717, 1.165) is 27.6 Å². The number of pyridine rings is 1. The van der Waals surface area contributed by atoms with E-state index in [4.69, 9.17) is 0 Å². The summed E-state index contributed by atoms with van der Waals surface area (Å²) in [5.74, 6) is 0.404. The first-order chi connectivity index (χ1) is 16.9. The Morgan fingerprint density at radius 3 is 2.46 bits per heavy atom. The molecule has 5 aromatic rings. The van der Waals surface area contributed by atoms with E-state index in [9.17, 15) is 8.42 Å². The van der Waals surface area contributed by atoms with Crippen LogP contribution in [-0.2, 0) is 10.0 Å². The van der Waals surface area contributed by atoms with Crippen molar-refractivity contribution in [2.75, 3.05) is 0 Å². The molecule has 5 heteroatoms. The number of benzene rings is 3. The second kappa shape index (κ2) is 9.35. The van der Waals surface area contributed by atoms with Crippen molar-refractivity contribution in [1.82, 2.24) is 8.96 Å². The highest BCUT2D eigenvalue weighted by atomic mass is 32.2. The Kier molecular flexibility index (Phi) is 6.10. The Morgan fingerprint density at radius 2 is 1.66 bits per heavy atom. The molecule has 0 unspecified atom stereocenters. The van der Waals surface area contributed by atoms with Crippen molar-refractivity contribution in [3.8, 4) is 11.1 Å². The van der Waals surface area contributed by atoms with E-state index in [2.05, 4.69) is 49.2 Å². The van der Waals surface area contributed by atoms with Crippen LogP contribution in [0.1, 0.15) is 36.6 Å². The Hall–Kier alpha value is -3.96. The lowest BCUT2D eigenvalue weighted by atomic mass is 9.93. The lowest BCUT2D eigenvalue weighted by molar-refractivity contribution is 0.587. The van der Waals surface area contributed by atoms with Gasteiger partial charge in [0.15, 0.2) is 0 Å². The lowest BCUT2D eigenvalue weighted by Crippen LogP contribution is -2.13. The molecule has 0 N–H and O–H groups in total. The van der Waals surface area contributed by atoms with Crippen molar-refractivity contribution in [3.05, 3.63) is 120 Å². The maximum absolute atomic E-state index is 13.1. The summed E-state index contributed by atoms with van der Waals surface area (Å²) in [7, 11) is -3.66. The van der Waals surface area contributed by atoms with Gasteiger partial charge in [-0.3, -0.25) is 4.98 Å². The van der Waals surface area contributed by atoms with Crippen molar-refractivity contribution in [2.24, 2.45) is 0 Å². The molecule has 0 aliphatic heterocycles. The van der Waals surface area contributed by atoms with Crippen LogP contribution in [0.25, 0.3) is 34.2 Å². The number of fused-ring (bicyclic) bond motifs is 1. The fraction of sp³-hybridized carbons (Fsp3) is 0.100. The van der Waals surface area contributed by atoms with Crippen LogP contribution in [0.3, 0.4) is 0 Å². The molecular weight excluding hydrogens is 452 g/mol. The molecule has 2 heterocycles. The standard InChI is InChI=1S/C30H26N2O2S/c1-22(2)26-20-25-11-7-17-31-30(25)29(21-26)24-10-6-9-23(19-24)15-16-27-12-8-18-32(27)35(33,34)28-13-4-3-5-14-28/h3-22H,1-2H3/b16-15+. The van der Waals surface area contributed by atoms with Gasteiger partial charge < -0.3 is 0 Å². The maximum atomic E-state index is 13.1. The summed E-state index contributed by atoms with van der Waals surface area (Å²) in [5.41, 5.74) is 5.98. The summed E-state index contributed by atoms with van der Waals surface area (Å²) < 4.78 is 27.5. The summed E-state index contributed by atoms with van der Waals surface area (Å²) in [6.45, 7) is 4.39. The fourth-order valence-electron chi connectivity index (χ4n) is 4.19. The van der Waals surface area contributed by atoms with Gasteiger partial charge in [-0.15, -0.1) is 0 Å². The third-order valence-corrected chi connectivity index (χ3v) is 7.80. The molecule has 2 aromatic heterocycles. The molecule has 174 valence electrons. The van der Waals surface area contributed by atoms with Crippen molar-refractivity contribution >= 4 is 33.1 Å². The van der Waals surface area contributed by atoms with Crippen LogP contribution in [0, 0.1) is 0 Å². The van der Waals surface area contributed by atoms with E-state index in [-0.39, 0.29) is 4.90 Å². The van der Waals surface area contributed by atoms with Crippen LogP contribution >= 0.6 is 0 Å². The van der Waals surface area contributed by atoms with Gasteiger partial charge in [-0.05, 0) is 77.2 Å². The number of hydrogen-bond donors (Lipinski definition) is 0. The minimum atomic E-state index is -3.66. The molecule has 35 heavy (non-hydrogen) atoms. The Morgan fingerprint density at radius 1 is 0.829 bits per heavy atom. The molecule has 0 spiro atoms. The zero-order chi connectivity index (χ0) is 24.4. The normalized spacial score (nSPS) is 12.1. The van der Waals surface area contributed by atoms with Crippen LogP contribution in [0.5, 0.6) is 0 Å². The quantitative estimate of drug-likeness (QED) is 0.259. The molecule has 0 bridgehead atoms. The predicted molar refractivity (Wildman–Crippen MR) is 144 cm³/mol. The second-order valence-electron chi connectivity index (χ2n) is 8.80. The molecule has 5 rings (SSSR count). The van der Waals surface area contributed by atoms with Crippen molar-refractivity contribution < 1.29 is 8.42 Å². The van der Waals surface area contributed by atoms with E-state index < -0.39 is 10.0 Å². The van der Waals surface area contributed by atoms with Gasteiger partial charge in [-0.25, -0.2) is 12.4 Å². The van der Waals surface area contributed by atoms with Gasteiger partial charge in [-0.2, -0.15) is 0 Å². The van der Waals surface area contributed by atoms with Gasteiger partial charge in [0.05, 0.1) is 16.1 Å². The number of nitrogens with zero attached hydrogens (tertiary/aromatic N) is 2. The van der Waals surface area contributed by atoms with Crippen molar-refractivity contribution in [2.45, 2.75) is 24.7 Å². The summed E-state index contributed by atoms with van der Waals surface area (Å²) >= 11 is 0. The van der Waals surface area contributed by atoms with E-state index in [1.807, 2.05) is 36.5 Å². The van der Waals surface area contributed by atoms with E-state index in [1.165, 1.54) is 9.54 Å². The van der Waals surface area contributed by atoms with Crippen molar-refractivity contribution in [1.29, 1.82) is 0 Å². The Labute approximate surface area is 206 Å². The molecule has 0 saturated heterocycles. The monoisotopic (exact) mass is 478 g/mol. The number of rotatable bonds is 6. The first-order valence-corrected chi connectivity index (χ1v) is 13.0. The summed E-state index contributed by atoms with van der Waals surface area (Å²) in [6, 6.07) is 28.7. The Bertz CT molecular complexity index is 1630. The highest BCUT2D eigenvalue weighted by Gasteiger charge is 2.17. The van der Waals surface area contributed by atoms with Crippen LogP contribution in [0.15, 0.2) is 108 Å². The van der Waals surface area contributed by atoms with E-state index in [1.54, 1.807) is 48.7 Å². The van der Waals surface area contributed by atoms with Crippen LogP contribution < -0.4 is 0 Å². The van der Waals surface area contributed by atoms with Gasteiger partial charge >= 0.3 is 0 Å². The second-order valence-corrected chi connectivity index (χ2v) is 10.6. The van der Waals surface area contributed by atoms with E-state index >= 15 is 0 Å². The van der Waals surface area contributed by atoms with Gasteiger partial charge in [0.25, 0.3) is 10.0 Å². The minimum absolute atomic E-state index is 0.261. The average molecular weight is 479 g/mol. The van der Waals surface area contributed by atoms with Crippen LogP contribution in [0.4, 0.5) is 0 Å². The smallest absolute Gasteiger partial charge is 0.256 e. The summed E-state index contributed by atoms with van der Waals surface area (Å²) in [6.07, 6.45) is 7.18. The van der Waals surface area contributed by atoms with Gasteiger partial charge in [0, 0.05) is 23.3 Å². The molecule has 3 aromatic carbocycles. The van der Waals surface area contributed by atoms with E-state index in [0.29, 0.717) is 11.6 Å². The zero-order valence-corrected chi connectivity index (χ0v) is 20.5. The molecule has 0 amide bonds. The molecule has 4 nitrogen and oxygen atoms in total. The number of aromatic nitrogens is 2.